The fourth-order valence-electron chi connectivity index (χ4n) is 6.14. The summed E-state index contributed by atoms with van der Waals surface area (Å²) in [4.78, 5) is 87.8. The van der Waals surface area contributed by atoms with Crippen molar-refractivity contribution >= 4 is 48.1 Å². The molecule has 0 aromatic carbocycles. The van der Waals surface area contributed by atoms with Gasteiger partial charge in [-0.1, -0.05) is 52.9 Å². The number of aldehydes is 1. The molecule has 0 amide bonds. The smallest absolute Gasteiger partial charge is 0.320 e. The fourth-order valence-corrected chi connectivity index (χ4v) is 6.14. The minimum Gasteiger partial charge on any atom is -0.481 e. The van der Waals surface area contributed by atoms with E-state index in [2.05, 4.69) is 24.0 Å². The van der Waals surface area contributed by atoms with Crippen molar-refractivity contribution in [2.75, 3.05) is 86.8 Å². The maximum Gasteiger partial charge on any atom is 0.320 e. The molecule has 23 heteroatoms. The van der Waals surface area contributed by atoms with E-state index in [1.54, 1.807) is 6.92 Å². The van der Waals surface area contributed by atoms with E-state index < -0.39 is 29.9 Å². The SMILES string of the molecule is COC(=O)CCCCC(C)C(=O)O.COC(=O)CCCCC(C)C=O.COC(=O)CCCCC(C)CO.NC(CCCCC(=O)O)C(=O)O.NCCN(CCN)CCN(CCN)CC(N)CCCCC(=O)O. The third-order valence-corrected chi connectivity index (χ3v) is 10.8. The molecule has 0 aromatic rings. The standard InChI is InChI=1S/C15H36N6O2.C9H16O4.C9H18O3.C9H16O3.C7H13NO4/c16-5-8-20(9-6-17)11-12-21(10-7-18)13-14(19)3-1-2-4-15(22)23;1-7(9(11)12)5-3-4-6-8(10)13-2;2*1-8(7-10)5-3-4-6-9(11)12-2;8-5(7(11)12)3-1-2-4-6(9)10/h14H,1-13,16-19H2,(H,22,23);7H,3-6H2,1-2H3,(H,11,12);8,10H,3-7H2,1-2H3;7-8H,3-6H2,1-2H3;5H,1-4,8H2,(H,9,10)(H,11,12). The number of hydrogen-bond donors (Lipinski definition) is 10. The Morgan fingerprint density at radius 3 is 1.25 bits per heavy atom. The summed E-state index contributed by atoms with van der Waals surface area (Å²) in [6.07, 6.45) is 13.8. The topological polar surface area (TPSA) is 402 Å². The Labute approximate surface area is 429 Å². The number of methoxy groups -OCH3 is 3. The Kier molecular flexibility index (Phi) is 59.5. The van der Waals surface area contributed by atoms with Crippen molar-refractivity contribution in [1.82, 2.24) is 9.80 Å². The quantitative estimate of drug-likeness (QED) is 0.0182. The molecule has 0 fully saturated rings. The molecule has 5 unspecified atom stereocenters. The molecule has 0 rings (SSSR count). The lowest BCUT2D eigenvalue weighted by Gasteiger charge is -2.28. The van der Waals surface area contributed by atoms with Crippen LogP contribution in [-0.4, -0.2) is 182 Å². The summed E-state index contributed by atoms with van der Waals surface area (Å²) >= 11 is 0. The van der Waals surface area contributed by atoms with Gasteiger partial charge in [-0.3, -0.25) is 43.4 Å². The highest BCUT2D eigenvalue weighted by molar-refractivity contribution is 5.73. The van der Waals surface area contributed by atoms with Crippen LogP contribution in [0.3, 0.4) is 0 Å². The molecule has 0 bridgehead atoms. The minimum absolute atomic E-state index is 0.0489. The van der Waals surface area contributed by atoms with Crippen LogP contribution in [0.25, 0.3) is 0 Å². The lowest BCUT2D eigenvalue weighted by molar-refractivity contribution is -0.142. The second-order valence-electron chi connectivity index (χ2n) is 17.6. The molecule has 23 nitrogen and oxygen atoms in total. The molecule has 0 radical (unpaired) electrons. The van der Waals surface area contributed by atoms with Crippen molar-refractivity contribution in [1.29, 1.82) is 0 Å². The first kappa shape index (κ1) is 76.6. The summed E-state index contributed by atoms with van der Waals surface area (Å²) < 4.78 is 13.4. The van der Waals surface area contributed by atoms with Crippen molar-refractivity contribution in [3.05, 3.63) is 0 Å². The Balaban J connectivity index is -0.000000269. The number of unbranched alkanes of at least 4 members (excludes halogenated alkanes) is 5. The summed E-state index contributed by atoms with van der Waals surface area (Å²) in [5.74, 6) is -3.84. The number of carbonyl (C=O) groups excluding carboxylic acids is 4. The van der Waals surface area contributed by atoms with E-state index in [1.165, 1.54) is 21.3 Å². The van der Waals surface area contributed by atoms with Gasteiger partial charge in [-0.25, -0.2) is 0 Å². The molecule has 0 heterocycles. The minimum atomic E-state index is -1.04. The van der Waals surface area contributed by atoms with Crippen LogP contribution in [0.1, 0.15) is 149 Å². The van der Waals surface area contributed by atoms with Gasteiger partial charge in [0.05, 0.1) is 27.2 Å². The van der Waals surface area contributed by atoms with Crippen molar-refractivity contribution in [2.45, 2.75) is 161 Å². The van der Waals surface area contributed by atoms with Crippen molar-refractivity contribution in [3.63, 3.8) is 0 Å². The third-order valence-electron chi connectivity index (χ3n) is 10.8. The first-order chi connectivity index (χ1) is 34.0. The van der Waals surface area contributed by atoms with E-state index in [-0.39, 0.29) is 55.2 Å². The van der Waals surface area contributed by atoms with E-state index in [4.69, 9.17) is 54.2 Å². The number of ether oxygens (including phenoxy) is 3. The van der Waals surface area contributed by atoms with Crippen LogP contribution in [-0.2, 0) is 52.6 Å². The van der Waals surface area contributed by atoms with Gasteiger partial charge in [0.25, 0.3) is 0 Å². The molecule has 0 aliphatic carbocycles. The van der Waals surface area contributed by atoms with Gasteiger partial charge in [0, 0.05) is 110 Å². The van der Waals surface area contributed by atoms with Crippen LogP contribution in [0.5, 0.6) is 0 Å². The number of nitrogens with two attached hydrogens (primary N) is 5. The zero-order chi connectivity index (χ0) is 56.1. The first-order valence-electron chi connectivity index (χ1n) is 25.3. The summed E-state index contributed by atoms with van der Waals surface area (Å²) in [5.41, 5.74) is 28.3. The molecule has 0 aliphatic rings. The Morgan fingerprint density at radius 1 is 0.500 bits per heavy atom. The predicted octanol–water partition coefficient (Wildman–Crippen LogP) is 2.83. The molecule has 0 aromatic heterocycles. The number of esters is 3. The zero-order valence-corrected chi connectivity index (χ0v) is 44.7. The second-order valence-corrected chi connectivity index (χ2v) is 17.6. The molecule has 426 valence electrons. The highest BCUT2D eigenvalue weighted by Gasteiger charge is 2.14. The fraction of sp³-hybridized carbons (Fsp3) is 0.837. The highest BCUT2D eigenvalue weighted by atomic mass is 16.5. The number of carbonyl (C=O) groups is 8. The number of aliphatic carboxylic acids is 4. The van der Waals surface area contributed by atoms with Crippen molar-refractivity contribution in [2.24, 2.45) is 46.4 Å². The van der Waals surface area contributed by atoms with Gasteiger partial charge in [0.15, 0.2) is 0 Å². The monoisotopic (exact) mass is 1040 g/mol. The van der Waals surface area contributed by atoms with Gasteiger partial charge in [-0.2, -0.15) is 0 Å². The maximum absolute atomic E-state index is 10.7. The molecule has 0 spiro atoms. The van der Waals surface area contributed by atoms with Gasteiger partial charge in [-0.15, -0.1) is 0 Å². The molecular weight excluding hydrogens is 943 g/mol. The number of aliphatic hydroxyl groups excluding tert-OH is 1. The summed E-state index contributed by atoms with van der Waals surface area (Å²) in [5, 5.41) is 42.5. The molecule has 0 aliphatic heterocycles. The summed E-state index contributed by atoms with van der Waals surface area (Å²) in [7, 11) is 4.14. The Bertz CT molecular complexity index is 1360. The van der Waals surface area contributed by atoms with E-state index in [0.29, 0.717) is 83.3 Å². The van der Waals surface area contributed by atoms with Gasteiger partial charge in [0.2, 0.25) is 0 Å². The van der Waals surface area contributed by atoms with Gasteiger partial charge >= 0.3 is 41.8 Å². The van der Waals surface area contributed by atoms with Crippen LogP contribution in [0.2, 0.25) is 0 Å². The summed E-state index contributed by atoms with van der Waals surface area (Å²) in [6.45, 7) is 12.7. The number of aliphatic hydroxyl groups is 1. The van der Waals surface area contributed by atoms with Crippen LogP contribution < -0.4 is 28.7 Å². The second kappa shape index (κ2) is 55.9. The molecular formula is C49H99N7O16. The lowest BCUT2D eigenvalue weighted by Crippen LogP contribution is -2.45. The Hall–Kier alpha value is -4.36. The molecule has 5 atom stereocenters. The number of nitrogens with zero attached hydrogens (tertiary/aromatic N) is 2. The molecule has 15 N–H and O–H groups in total. The van der Waals surface area contributed by atoms with E-state index in [9.17, 15) is 38.4 Å². The molecule has 0 saturated heterocycles. The average molecular weight is 1040 g/mol. The van der Waals surface area contributed by atoms with Crippen LogP contribution >= 0.6 is 0 Å². The normalized spacial score (nSPS) is 12.5. The van der Waals surface area contributed by atoms with E-state index >= 15 is 0 Å². The van der Waals surface area contributed by atoms with Crippen LogP contribution in [0.4, 0.5) is 0 Å². The average Bonchev–Trinajstić information content (AvgIpc) is 3.34. The lowest BCUT2D eigenvalue weighted by atomic mass is 10.0. The van der Waals surface area contributed by atoms with Crippen molar-refractivity contribution < 1.29 is 78.1 Å². The molecule has 72 heavy (non-hydrogen) atoms. The Morgan fingerprint density at radius 2 is 0.875 bits per heavy atom. The zero-order valence-electron chi connectivity index (χ0n) is 44.7. The van der Waals surface area contributed by atoms with Gasteiger partial charge in [-0.05, 0) is 70.1 Å². The number of carboxylic acids is 4. The number of rotatable bonds is 40. The number of hydrogen-bond acceptors (Lipinski definition) is 19. The van der Waals surface area contributed by atoms with E-state index in [1.807, 2.05) is 13.8 Å². The maximum atomic E-state index is 10.7. The number of carboxylic acid groups (broad SMARTS) is 4. The first-order valence-corrected chi connectivity index (χ1v) is 25.3. The largest absolute Gasteiger partial charge is 0.481 e. The highest BCUT2D eigenvalue weighted by Crippen LogP contribution is 2.11. The van der Waals surface area contributed by atoms with Gasteiger partial charge in [0.1, 0.15) is 12.3 Å². The van der Waals surface area contributed by atoms with Crippen LogP contribution in [0.15, 0.2) is 0 Å². The third kappa shape index (κ3) is 61.8. The van der Waals surface area contributed by atoms with Crippen LogP contribution in [0, 0.1) is 17.8 Å². The van der Waals surface area contributed by atoms with Gasteiger partial charge < -0.3 is 73.2 Å². The summed E-state index contributed by atoms with van der Waals surface area (Å²) in [6, 6.07) is -0.813. The predicted molar refractivity (Wildman–Crippen MR) is 276 cm³/mol. The molecule has 0 saturated carbocycles. The van der Waals surface area contributed by atoms with Crippen molar-refractivity contribution in [3.8, 4) is 0 Å². The van der Waals surface area contributed by atoms with E-state index in [0.717, 1.165) is 103 Å².